The molecule has 2 rings (SSSR count). The molecular formula is C16H26N2O4. The maximum Gasteiger partial charge on any atom is 0.407 e. The number of carbonyl (C=O) groups is 2. The average molecular weight is 310 g/mol. The van der Waals surface area contributed by atoms with Crippen molar-refractivity contribution in [2.45, 2.75) is 51.2 Å². The first-order chi connectivity index (χ1) is 10.2. The Labute approximate surface area is 131 Å². The molecule has 0 saturated carbocycles. The van der Waals surface area contributed by atoms with Gasteiger partial charge >= 0.3 is 6.09 Å². The van der Waals surface area contributed by atoms with E-state index in [0.717, 1.165) is 19.3 Å². The quantitative estimate of drug-likeness (QED) is 0.773. The lowest BCUT2D eigenvalue weighted by Gasteiger charge is -2.47. The van der Waals surface area contributed by atoms with Crippen molar-refractivity contribution in [1.82, 2.24) is 10.2 Å². The summed E-state index contributed by atoms with van der Waals surface area (Å²) in [7, 11) is 0. The van der Waals surface area contributed by atoms with E-state index in [1.807, 2.05) is 6.08 Å². The number of allylic oxidation sites excluding steroid dienone is 2. The van der Waals surface area contributed by atoms with Gasteiger partial charge in [-0.2, -0.15) is 0 Å². The van der Waals surface area contributed by atoms with E-state index in [0.29, 0.717) is 0 Å². The Morgan fingerprint density at radius 2 is 2.05 bits per heavy atom. The van der Waals surface area contributed by atoms with Crippen LogP contribution < -0.4 is 5.32 Å². The first-order valence-corrected chi connectivity index (χ1v) is 7.82. The van der Waals surface area contributed by atoms with E-state index in [1.54, 1.807) is 25.7 Å². The molecule has 6 nitrogen and oxygen atoms in total. The van der Waals surface area contributed by atoms with E-state index < -0.39 is 17.3 Å². The van der Waals surface area contributed by atoms with Crippen LogP contribution in [0.3, 0.4) is 0 Å². The van der Waals surface area contributed by atoms with Crippen molar-refractivity contribution in [2.24, 2.45) is 5.92 Å². The molecular weight excluding hydrogens is 284 g/mol. The zero-order valence-electron chi connectivity index (χ0n) is 13.6. The predicted molar refractivity (Wildman–Crippen MR) is 82.2 cm³/mol. The molecule has 1 aliphatic heterocycles. The molecule has 124 valence electrons. The van der Waals surface area contributed by atoms with Crippen LogP contribution in [0, 0.1) is 5.92 Å². The zero-order chi connectivity index (χ0) is 16.4. The van der Waals surface area contributed by atoms with E-state index in [4.69, 9.17) is 4.74 Å². The van der Waals surface area contributed by atoms with Crippen LogP contribution in [0.2, 0.25) is 0 Å². The van der Waals surface area contributed by atoms with Crippen LogP contribution in [0.1, 0.15) is 40.0 Å². The van der Waals surface area contributed by atoms with Gasteiger partial charge in [0.25, 0.3) is 0 Å². The Balaban J connectivity index is 1.73. The van der Waals surface area contributed by atoms with Crippen LogP contribution in [-0.4, -0.2) is 52.8 Å². The summed E-state index contributed by atoms with van der Waals surface area (Å²) in [6.07, 6.45) is 6.19. The van der Waals surface area contributed by atoms with Crippen LogP contribution >= 0.6 is 0 Å². The first kappa shape index (κ1) is 16.8. The molecule has 0 aromatic heterocycles. The molecule has 1 aliphatic carbocycles. The molecule has 0 radical (unpaired) electrons. The molecule has 1 fully saturated rings. The standard InChI is InChI=1S/C16H26N2O4/c1-15(2,3)22-14(20)17-9-16(21)10-18(11-16)13(19)12-7-5-4-6-8-12/h4-5,12,21H,6-11H2,1-3H3,(H,17,20)/t12-/m0/s1. The van der Waals surface area contributed by atoms with Gasteiger partial charge in [-0.15, -0.1) is 0 Å². The largest absolute Gasteiger partial charge is 0.444 e. The van der Waals surface area contributed by atoms with Gasteiger partial charge in [0, 0.05) is 5.92 Å². The molecule has 0 bridgehead atoms. The third kappa shape index (κ3) is 4.47. The molecule has 2 N–H and O–H groups in total. The summed E-state index contributed by atoms with van der Waals surface area (Å²) in [4.78, 5) is 25.5. The fourth-order valence-electron chi connectivity index (χ4n) is 2.76. The van der Waals surface area contributed by atoms with Crippen molar-refractivity contribution in [2.75, 3.05) is 19.6 Å². The molecule has 0 unspecified atom stereocenters. The van der Waals surface area contributed by atoms with Crippen LogP contribution in [0.5, 0.6) is 0 Å². The number of amides is 2. The average Bonchev–Trinajstić information content (AvgIpc) is 2.40. The summed E-state index contributed by atoms with van der Waals surface area (Å²) in [6.45, 7) is 5.97. The Morgan fingerprint density at radius 1 is 1.36 bits per heavy atom. The lowest BCUT2D eigenvalue weighted by atomic mass is 9.88. The number of aliphatic hydroxyl groups is 1. The van der Waals surface area contributed by atoms with Gasteiger partial charge in [0.15, 0.2) is 0 Å². The minimum Gasteiger partial charge on any atom is -0.444 e. The van der Waals surface area contributed by atoms with E-state index in [1.165, 1.54) is 0 Å². The highest BCUT2D eigenvalue weighted by Crippen LogP contribution is 2.27. The van der Waals surface area contributed by atoms with Gasteiger partial charge in [-0.1, -0.05) is 12.2 Å². The highest BCUT2D eigenvalue weighted by Gasteiger charge is 2.45. The van der Waals surface area contributed by atoms with Gasteiger partial charge in [0.2, 0.25) is 5.91 Å². The minimum atomic E-state index is -1.04. The van der Waals surface area contributed by atoms with Crippen molar-refractivity contribution in [3.63, 3.8) is 0 Å². The maximum absolute atomic E-state index is 12.3. The highest BCUT2D eigenvalue weighted by atomic mass is 16.6. The number of likely N-dealkylation sites (tertiary alicyclic amines) is 1. The molecule has 1 atom stereocenters. The smallest absolute Gasteiger partial charge is 0.407 e. The molecule has 0 spiro atoms. The number of carbonyl (C=O) groups excluding carboxylic acids is 2. The van der Waals surface area contributed by atoms with Crippen molar-refractivity contribution < 1.29 is 19.4 Å². The second-order valence-corrected chi connectivity index (χ2v) is 7.26. The van der Waals surface area contributed by atoms with Gasteiger partial charge in [0.1, 0.15) is 11.2 Å². The van der Waals surface area contributed by atoms with E-state index in [-0.39, 0.29) is 31.5 Å². The van der Waals surface area contributed by atoms with Crippen LogP contribution in [-0.2, 0) is 9.53 Å². The number of nitrogens with zero attached hydrogens (tertiary/aromatic N) is 1. The minimum absolute atomic E-state index is 0.0355. The van der Waals surface area contributed by atoms with Crippen molar-refractivity contribution in [3.05, 3.63) is 12.2 Å². The Hall–Kier alpha value is -1.56. The molecule has 2 amide bonds. The third-order valence-electron chi connectivity index (χ3n) is 3.86. The summed E-state index contributed by atoms with van der Waals surface area (Å²) in [5.41, 5.74) is -1.61. The number of rotatable bonds is 3. The Bertz CT molecular complexity index is 461. The van der Waals surface area contributed by atoms with Crippen LogP contribution in [0.4, 0.5) is 4.79 Å². The highest BCUT2D eigenvalue weighted by molar-refractivity contribution is 5.80. The van der Waals surface area contributed by atoms with E-state index >= 15 is 0 Å². The normalized spacial score (nSPS) is 23.6. The lowest BCUT2D eigenvalue weighted by molar-refractivity contribution is -0.158. The molecule has 0 aromatic rings. The number of β-amino-alcohol motifs (C(OH)–C–C–N with tert-alkyl or cyclic N) is 1. The van der Waals surface area contributed by atoms with Gasteiger partial charge in [-0.3, -0.25) is 4.79 Å². The molecule has 6 heteroatoms. The van der Waals surface area contributed by atoms with Gasteiger partial charge in [-0.05, 0) is 40.0 Å². The van der Waals surface area contributed by atoms with Crippen molar-refractivity contribution in [1.29, 1.82) is 0 Å². The van der Waals surface area contributed by atoms with Crippen LogP contribution in [0.25, 0.3) is 0 Å². The summed E-state index contributed by atoms with van der Waals surface area (Å²) >= 11 is 0. The fourth-order valence-corrected chi connectivity index (χ4v) is 2.76. The number of alkyl carbamates (subject to hydrolysis) is 1. The SMILES string of the molecule is CC(C)(C)OC(=O)NCC1(O)CN(C(=O)[C@H]2CC=CCC2)C1. The molecule has 0 aromatic carbocycles. The topological polar surface area (TPSA) is 78.9 Å². The number of nitrogens with one attached hydrogen (secondary N) is 1. The number of hydrogen-bond donors (Lipinski definition) is 2. The summed E-state index contributed by atoms with van der Waals surface area (Å²) in [6, 6.07) is 0. The molecule has 2 aliphatic rings. The predicted octanol–water partition coefficient (Wildman–Crippen LogP) is 1.44. The Kier molecular flexibility index (Phi) is 4.80. The van der Waals surface area contributed by atoms with Gasteiger partial charge in [-0.25, -0.2) is 4.79 Å². The summed E-state index contributed by atoms with van der Waals surface area (Å²) in [5.74, 6) is 0.139. The third-order valence-corrected chi connectivity index (χ3v) is 3.86. The maximum atomic E-state index is 12.3. The number of ether oxygens (including phenoxy) is 1. The summed E-state index contributed by atoms with van der Waals surface area (Å²) in [5, 5.41) is 12.9. The van der Waals surface area contributed by atoms with Gasteiger partial charge in [0.05, 0.1) is 19.6 Å². The second kappa shape index (κ2) is 6.28. The summed E-state index contributed by atoms with van der Waals surface area (Å²) < 4.78 is 5.12. The zero-order valence-corrected chi connectivity index (χ0v) is 13.6. The van der Waals surface area contributed by atoms with Crippen molar-refractivity contribution >= 4 is 12.0 Å². The molecule has 1 heterocycles. The van der Waals surface area contributed by atoms with Crippen molar-refractivity contribution in [3.8, 4) is 0 Å². The number of hydrogen-bond acceptors (Lipinski definition) is 4. The first-order valence-electron chi connectivity index (χ1n) is 7.82. The molecule has 22 heavy (non-hydrogen) atoms. The monoisotopic (exact) mass is 310 g/mol. The lowest BCUT2D eigenvalue weighted by Crippen LogP contribution is -2.68. The van der Waals surface area contributed by atoms with E-state index in [2.05, 4.69) is 11.4 Å². The van der Waals surface area contributed by atoms with Gasteiger partial charge < -0.3 is 20.1 Å². The van der Waals surface area contributed by atoms with Crippen LogP contribution in [0.15, 0.2) is 12.2 Å². The fraction of sp³-hybridized carbons (Fsp3) is 0.750. The Morgan fingerprint density at radius 3 is 2.59 bits per heavy atom. The van der Waals surface area contributed by atoms with E-state index in [9.17, 15) is 14.7 Å². The molecule has 1 saturated heterocycles. The second-order valence-electron chi connectivity index (χ2n) is 7.26.